The molecule has 0 unspecified atom stereocenters. The first kappa shape index (κ1) is 27.5. The van der Waals surface area contributed by atoms with Crippen LogP contribution in [0.5, 0.6) is 0 Å². The molecule has 0 saturated carbocycles. The van der Waals surface area contributed by atoms with E-state index in [4.69, 9.17) is 19.4 Å². The number of benzene rings is 8. The lowest BCUT2D eigenvalue weighted by Gasteiger charge is -2.12. The smallest absolute Gasteiger partial charge is 0.164 e. The van der Waals surface area contributed by atoms with Crippen LogP contribution < -0.4 is 0 Å². The van der Waals surface area contributed by atoms with Gasteiger partial charge in [0, 0.05) is 47.6 Å². The Kier molecular flexibility index (Phi) is 5.80. The van der Waals surface area contributed by atoms with Crippen LogP contribution in [0.3, 0.4) is 0 Å². The van der Waals surface area contributed by atoms with Gasteiger partial charge < -0.3 is 4.42 Å². The average molecular weight is 656 g/mol. The van der Waals surface area contributed by atoms with E-state index >= 15 is 0 Å². The third kappa shape index (κ3) is 4.14. The van der Waals surface area contributed by atoms with Gasteiger partial charge in [-0.05, 0) is 68.7 Å². The second-order valence-corrected chi connectivity index (χ2v) is 13.9. The van der Waals surface area contributed by atoms with E-state index < -0.39 is 0 Å². The first-order valence-corrected chi connectivity index (χ1v) is 17.5. The molecule has 0 N–H and O–H groups in total. The Labute approximate surface area is 289 Å². The van der Waals surface area contributed by atoms with Crippen LogP contribution in [0.1, 0.15) is 0 Å². The monoisotopic (exact) mass is 655 g/mol. The predicted molar refractivity (Wildman–Crippen MR) is 209 cm³/mol. The van der Waals surface area contributed by atoms with Crippen LogP contribution >= 0.6 is 11.3 Å². The molecule has 0 bridgehead atoms. The molecule has 11 aromatic rings. The minimum atomic E-state index is 0.604. The number of nitrogens with zero attached hydrogens (tertiary/aromatic N) is 3. The first-order chi connectivity index (χ1) is 24.7. The van der Waals surface area contributed by atoms with Crippen molar-refractivity contribution >= 4 is 85.8 Å². The summed E-state index contributed by atoms with van der Waals surface area (Å²) in [6.45, 7) is 0. The van der Waals surface area contributed by atoms with Gasteiger partial charge in [0.2, 0.25) is 0 Å². The Hall–Kier alpha value is -6.43. The molecule has 232 valence electrons. The minimum Gasteiger partial charge on any atom is -0.456 e. The third-order valence-electron chi connectivity index (χ3n) is 9.88. The number of aromatic nitrogens is 3. The fourth-order valence-corrected chi connectivity index (χ4v) is 8.65. The lowest BCUT2D eigenvalue weighted by atomic mass is 9.93. The summed E-state index contributed by atoms with van der Waals surface area (Å²) in [5.41, 5.74) is 4.43. The molecule has 11 rings (SSSR count). The standard InChI is InChI=1S/C45H25N3OS/c1-2-8-28(9-3-1)43-46-44(48-45(47-43)31-19-22-34-33-10-4-6-12-36(33)49-37(34)25-31)30-18-21-32-29(24-30)17-16-26-14-15-27-20-23-39-42(41(27)40(26)32)35-11-5-7-13-38(35)50-39/h1-25H. The summed E-state index contributed by atoms with van der Waals surface area (Å²) in [5, 5.41) is 12.2. The summed E-state index contributed by atoms with van der Waals surface area (Å²) in [6.07, 6.45) is 0. The lowest BCUT2D eigenvalue weighted by molar-refractivity contribution is 0.669. The summed E-state index contributed by atoms with van der Waals surface area (Å²) >= 11 is 1.86. The van der Waals surface area contributed by atoms with Gasteiger partial charge in [-0.3, -0.25) is 0 Å². The molecule has 0 aliphatic heterocycles. The van der Waals surface area contributed by atoms with Crippen LogP contribution in [-0.4, -0.2) is 15.0 Å². The maximum Gasteiger partial charge on any atom is 0.164 e. The Morgan fingerprint density at radius 3 is 1.78 bits per heavy atom. The van der Waals surface area contributed by atoms with Crippen molar-refractivity contribution in [1.82, 2.24) is 15.0 Å². The van der Waals surface area contributed by atoms with Crippen LogP contribution in [0.4, 0.5) is 0 Å². The van der Waals surface area contributed by atoms with Crippen molar-refractivity contribution in [2.75, 3.05) is 0 Å². The van der Waals surface area contributed by atoms with Crippen molar-refractivity contribution in [1.29, 1.82) is 0 Å². The van der Waals surface area contributed by atoms with E-state index in [9.17, 15) is 0 Å². The molecular formula is C45H25N3OS. The second kappa shape index (κ2) is 10.5. The molecule has 0 amide bonds. The van der Waals surface area contributed by atoms with Crippen LogP contribution in [-0.2, 0) is 0 Å². The third-order valence-corrected chi connectivity index (χ3v) is 11.0. The van der Waals surface area contributed by atoms with Gasteiger partial charge in [0.1, 0.15) is 11.2 Å². The highest BCUT2D eigenvalue weighted by atomic mass is 32.1. The highest BCUT2D eigenvalue weighted by Gasteiger charge is 2.17. The van der Waals surface area contributed by atoms with E-state index in [2.05, 4.69) is 97.1 Å². The normalized spacial score (nSPS) is 12.0. The molecule has 0 atom stereocenters. The van der Waals surface area contributed by atoms with Gasteiger partial charge in [-0.1, -0.05) is 115 Å². The van der Waals surface area contributed by atoms with Gasteiger partial charge in [0.25, 0.3) is 0 Å². The topological polar surface area (TPSA) is 51.8 Å². The zero-order valence-electron chi connectivity index (χ0n) is 26.6. The predicted octanol–water partition coefficient (Wildman–Crippen LogP) is 12.6. The molecule has 4 nitrogen and oxygen atoms in total. The van der Waals surface area contributed by atoms with E-state index in [1.165, 1.54) is 47.1 Å². The molecule has 0 aliphatic carbocycles. The van der Waals surface area contributed by atoms with Crippen molar-refractivity contribution in [3.63, 3.8) is 0 Å². The van der Waals surface area contributed by atoms with Crippen molar-refractivity contribution in [3.05, 3.63) is 152 Å². The minimum absolute atomic E-state index is 0.604. The second-order valence-electron chi connectivity index (χ2n) is 12.8. The van der Waals surface area contributed by atoms with Gasteiger partial charge in [0.05, 0.1) is 0 Å². The first-order valence-electron chi connectivity index (χ1n) is 16.7. The van der Waals surface area contributed by atoms with Crippen LogP contribution in [0, 0.1) is 0 Å². The van der Waals surface area contributed by atoms with E-state index in [1.807, 2.05) is 65.9 Å². The van der Waals surface area contributed by atoms with Crippen molar-refractivity contribution in [3.8, 4) is 34.2 Å². The Bertz CT molecular complexity index is 3160. The van der Waals surface area contributed by atoms with Crippen molar-refractivity contribution in [2.24, 2.45) is 0 Å². The Balaban J connectivity index is 1.13. The van der Waals surface area contributed by atoms with Gasteiger partial charge in [0.15, 0.2) is 17.5 Å². The quantitative estimate of drug-likeness (QED) is 0.178. The van der Waals surface area contributed by atoms with Crippen molar-refractivity contribution in [2.45, 2.75) is 0 Å². The number of fused-ring (bicyclic) bond motifs is 12. The fraction of sp³-hybridized carbons (Fsp3) is 0. The van der Waals surface area contributed by atoms with Crippen LogP contribution in [0.2, 0.25) is 0 Å². The zero-order valence-corrected chi connectivity index (χ0v) is 27.4. The summed E-state index contributed by atoms with van der Waals surface area (Å²) in [7, 11) is 0. The summed E-state index contributed by atoms with van der Waals surface area (Å²) in [6, 6.07) is 53.3. The highest BCUT2D eigenvalue weighted by molar-refractivity contribution is 7.26. The molecule has 0 aliphatic rings. The summed E-state index contributed by atoms with van der Waals surface area (Å²) < 4.78 is 8.86. The zero-order chi connectivity index (χ0) is 32.8. The number of thiophene rings is 1. The molecule has 50 heavy (non-hydrogen) atoms. The maximum atomic E-state index is 6.23. The summed E-state index contributed by atoms with van der Waals surface area (Å²) in [5.74, 6) is 1.86. The molecule has 0 saturated heterocycles. The van der Waals surface area contributed by atoms with E-state index in [0.29, 0.717) is 17.5 Å². The number of hydrogen-bond acceptors (Lipinski definition) is 5. The fourth-order valence-electron chi connectivity index (χ4n) is 7.54. The van der Waals surface area contributed by atoms with Gasteiger partial charge in [-0.25, -0.2) is 15.0 Å². The molecule has 0 spiro atoms. The Morgan fingerprint density at radius 1 is 0.360 bits per heavy atom. The lowest BCUT2D eigenvalue weighted by Crippen LogP contribution is -2.00. The van der Waals surface area contributed by atoms with Gasteiger partial charge in [-0.15, -0.1) is 11.3 Å². The molecule has 0 fully saturated rings. The molecule has 3 heterocycles. The van der Waals surface area contributed by atoms with Crippen LogP contribution in [0.15, 0.2) is 156 Å². The molecule has 0 radical (unpaired) electrons. The summed E-state index contributed by atoms with van der Waals surface area (Å²) in [4.78, 5) is 15.1. The SMILES string of the molecule is c1ccc(-c2nc(-c3ccc4c(ccc5ccc6ccc7sc8ccccc8c7c6c54)c3)nc(-c3ccc4c(c3)oc3ccccc34)n2)cc1. The van der Waals surface area contributed by atoms with E-state index in [1.54, 1.807) is 0 Å². The van der Waals surface area contributed by atoms with Gasteiger partial charge >= 0.3 is 0 Å². The van der Waals surface area contributed by atoms with E-state index in [0.717, 1.165) is 44.0 Å². The molecule has 8 aromatic carbocycles. The number of hydrogen-bond donors (Lipinski definition) is 0. The maximum absolute atomic E-state index is 6.23. The number of rotatable bonds is 3. The van der Waals surface area contributed by atoms with Gasteiger partial charge in [-0.2, -0.15) is 0 Å². The van der Waals surface area contributed by atoms with Crippen molar-refractivity contribution < 1.29 is 4.42 Å². The number of furan rings is 1. The van der Waals surface area contributed by atoms with Crippen LogP contribution in [0.25, 0.3) is 109 Å². The Morgan fingerprint density at radius 2 is 0.960 bits per heavy atom. The molecule has 5 heteroatoms. The molecular weight excluding hydrogens is 631 g/mol. The van der Waals surface area contributed by atoms with E-state index in [-0.39, 0.29) is 0 Å². The highest BCUT2D eigenvalue weighted by Crippen LogP contribution is 2.43. The largest absolute Gasteiger partial charge is 0.456 e. The molecule has 3 aromatic heterocycles. The number of para-hydroxylation sites is 1. The average Bonchev–Trinajstić information content (AvgIpc) is 3.75.